The van der Waals surface area contributed by atoms with E-state index in [4.69, 9.17) is 5.73 Å². The molecule has 0 fully saturated rings. The predicted octanol–water partition coefficient (Wildman–Crippen LogP) is 1.95. The molecule has 15 heavy (non-hydrogen) atoms. The molecule has 2 nitrogen and oxygen atoms in total. The van der Waals surface area contributed by atoms with Gasteiger partial charge in [0.2, 0.25) is 0 Å². The zero-order valence-electron chi connectivity index (χ0n) is 9.61. The number of hydrogen-bond donors (Lipinski definition) is 1. The summed E-state index contributed by atoms with van der Waals surface area (Å²) < 4.78 is 0. The van der Waals surface area contributed by atoms with Crippen LogP contribution in [0.3, 0.4) is 0 Å². The molecular weight excluding hydrogens is 184 g/mol. The average molecular weight is 204 g/mol. The molecule has 2 heteroatoms. The van der Waals surface area contributed by atoms with Crippen LogP contribution in [0.5, 0.6) is 0 Å². The Morgan fingerprint density at radius 2 is 2.13 bits per heavy atom. The van der Waals surface area contributed by atoms with E-state index in [9.17, 15) is 0 Å². The van der Waals surface area contributed by atoms with Crippen LogP contribution in [0.2, 0.25) is 0 Å². The van der Waals surface area contributed by atoms with Gasteiger partial charge in [-0.25, -0.2) is 0 Å². The Bertz CT molecular complexity index is 333. The van der Waals surface area contributed by atoms with Crippen LogP contribution in [0, 0.1) is 0 Å². The normalized spacial score (nSPS) is 21.7. The lowest BCUT2D eigenvalue weighted by Gasteiger charge is -2.36. The molecule has 0 spiro atoms. The summed E-state index contributed by atoms with van der Waals surface area (Å²) in [5.41, 5.74) is 8.76. The minimum atomic E-state index is 0.511. The molecule has 82 valence electrons. The Morgan fingerprint density at radius 3 is 2.80 bits per heavy atom. The molecule has 1 unspecified atom stereocenters. The molecule has 0 saturated heterocycles. The highest BCUT2D eigenvalue weighted by Crippen LogP contribution is 2.28. The van der Waals surface area contributed by atoms with Crippen LogP contribution in [0.1, 0.15) is 30.9 Å². The molecule has 1 aromatic rings. The van der Waals surface area contributed by atoms with Gasteiger partial charge in [0.15, 0.2) is 0 Å². The van der Waals surface area contributed by atoms with Crippen LogP contribution in [0.4, 0.5) is 0 Å². The quantitative estimate of drug-likeness (QED) is 0.798. The molecule has 0 amide bonds. The van der Waals surface area contributed by atoms with Gasteiger partial charge in [0.25, 0.3) is 0 Å². The van der Waals surface area contributed by atoms with Gasteiger partial charge < -0.3 is 5.73 Å². The molecule has 0 saturated carbocycles. The van der Waals surface area contributed by atoms with Crippen molar-refractivity contribution in [2.45, 2.75) is 32.4 Å². The zero-order chi connectivity index (χ0) is 10.8. The van der Waals surface area contributed by atoms with Crippen molar-refractivity contribution in [2.24, 2.45) is 5.73 Å². The topological polar surface area (TPSA) is 29.3 Å². The van der Waals surface area contributed by atoms with E-state index in [1.807, 2.05) is 0 Å². The van der Waals surface area contributed by atoms with Gasteiger partial charge in [0.1, 0.15) is 0 Å². The Hall–Kier alpha value is -0.860. The minimum absolute atomic E-state index is 0.511. The first-order valence-corrected chi connectivity index (χ1v) is 5.74. The number of hydrogen-bond acceptors (Lipinski definition) is 2. The standard InChI is InChI=1S/C13H20N2/c1-10(2)15-8-11-5-3-4-6-13(11)12(7-14)9-15/h3-6,10,12H,7-9,14H2,1-2H3. The van der Waals surface area contributed by atoms with E-state index in [0.717, 1.165) is 19.6 Å². The van der Waals surface area contributed by atoms with Gasteiger partial charge in [-0.1, -0.05) is 24.3 Å². The summed E-state index contributed by atoms with van der Waals surface area (Å²) in [5.74, 6) is 0.511. The lowest BCUT2D eigenvalue weighted by molar-refractivity contribution is 0.185. The van der Waals surface area contributed by atoms with Gasteiger partial charge in [-0.05, 0) is 25.0 Å². The third kappa shape index (κ3) is 2.06. The molecular formula is C13H20N2. The lowest BCUT2D eigenvalue weighted by Crippen LogP contribution is -2.40. The van der Waals surface area contributed by atoms with Gasteiger partial charge in [-0.3, -0.25) is 4.90 Å². The predicted molar refractivity (Wildman–Crippen MR) is 63.8 cm³/mol. The first-order chi connectivity index (χ1) is 7.22. The second-order valence-corrected chi connectivity index (χ2v) is 4.65. The van der Waals surface area contributed by atoms with Crippen LogP contribution < -0.4 is 5.73 Å². The highest BCUT2D eigenvalue weighted by Gasteiger charge is 2.24. The van der Waals surface area contributed by atoms with Gasteiger partial charge in [-0.2, -0.15) is 0 Å². The van der Waals surface area contributed by atoms with Crippen molar-refractivity contribution in [3.8, 4) is 0 Å². The molecule has 1 aliphatic rings. The molecule has 1 aromatic carbocycles. The van der Waals surface area contributed by atoms with Gasteiger partial charge >= 0.3 is 0 Å². The molecule has 0 radical (unpaired) electrons. The van der Waals surface area contributed by atoms with E-state index in [1.165, 1.54) is 11.1 Å². The van der Waals surface area contributed by atoms with Crippen molar-refractivity contribution in [2.75, 3.05) is 13.1 Å². The monoisotopic (exact) mass is 204 g/mol. The summed E-state index contributed by atoms with van der Waals surface area (Å²) in [5, 5.41) is 0. The summed E-state index contributed by atoms with van der Waals surface area (Å²) in [7, 11) is 0. The van der Waals surface area contributed by atoms with Crippen LogP contribution in [0.15, 0.2) is 24.3 Å². The molecule has 1 atom stereocenters. The number of nitrogens with zero attached hydrogens (tertiary/aromatic N) is 1. The number of nitrogens with two attached hydrogens (primary N) is 1. The molecule has 2 rings (SSSR count). The van der Waals surface area contributed by atoms with E-state index in [1.54, 1.807) is 0 Å². The fourth-order valence-corrected chi connectivity index (χ4v) is 2.34. The molecule has 0 aromatic heterocycles. The highest BCUT2D eigenvalue weighted by atomic mass is 15.2. The fourth-order valence-electron chi connectivity index (χ4n) is 2.34. The van der Waals surface area contributed by atoms with Gasteiger partial charge in [0, 0.05) is 31.6 Å². The average Bonchev–Trinajstić information content (AvgIpc) is 2.27. The maximum atomic E-state index is 5.85. The molecule has 1 heterocycles. The number of fused-ring (bicyclic) bond motifs is 1. The highest BCUT2D eigenvalue weighted by molar-refractivity contribution is 5.33. The Labute approximate surface area is 92.1 Å². The zero-order valence-corrected chi connectivity index (χ0v) is 9.61. The Balaban J connectivity index is 2.30. The first kappa shape index (κ1) is 10.7. The Kier molecular flexibility index (Phi) is 3.08. The van der Waals surface area contributed by atoms with Gasteiger partial charge in [0.05, 0.1) is 0 Å². The van der Waals surface area contributed by atoms with Crippen LogP contribution >= 0.6 is 0 Å². The Morgan fingerprint density at radius 1 is 1.40 bits per heavy atom. The van der Waals surface area contributed by atoms with Crippen molar-refractivity contribution >= 4 is 0 Å². The van der Waals surface area contributed by atoms with Crippen LogP contribution in [0.25, 0.3) is 0 Å². The third-order valence-electron chi connectivity index (χ3n) is 3.34. The van der Waals surface area contributed by atoms with E-state index < -0.39 is 0 Å². The third-order valence-corrected chi connectivity index (χ3v) is 3.34. The largest absolute Gasteiger partial charge is 0.330 e. The summed E-state index contributed by atoms with van der Waals surface area (Å²) in [6.07, 6.45) is 0. The molecule has 0 aliphatic carbocycles. The second kappa shape index (κ2) is 4.33. The van der Waals surface area contributed by atoms with E-state index in [2.05, 4.69) is 43.0 Å². The molecule has 1 aliphatic heterocycles. The van der Waals surface area contributed by atoms with E-state index in [0.29, 0.717) is 12.0 Å². The maximum absolute atomic E-state index is 5.85. The van der Waals surface area contributed by atoms with Crippen LogP contribution in [-0.4, -0.2) is 24.0 Å². The van der Waals surface area contributed by atoms with E-state index >= 15 is 0 Å². The smallest absolute Gasteiger partial charge is 0.0239 e. The van der Waals surface area contributed by atoms with Crippen molar-refractivity contribution in [3.63, 3.8) is 0 Å². The fraction of sp³-hybridized carbons (Fsp3) is 0.538. The minimum Gasteiger partial charge on any atom is -0.330 e. The molecule has 0 bridgehead atoms. The summed E-state index contributed by atoms with van der Waals surface area (Å²) in [6.45, 7) is 7.43. The van der Waals surface area contributed by atoms with Crippen molar-refractivity contribution in [3.05, 3.63) is 35.4 Å². The number of benzene rings is 1. The van der Waals surface area contributed by atoms with Crippen molar-refractivity contribution in [1.82, 2.24) is 4.90 Å². The summed E-state index contributed by atoms with van der Waals surface area (Å²) in [6, 6.07) is 9.30. The summed E-state index contributed by atoms with van der Waals surface area (Å²) >= 11 is 0. The van der Waals surface area contributed by atoms with Crippen molar-refractivity contribution in [1.29, 1.82) is 0 Å². The number of rotatable bonds is 2. The summed E-state index contributed by atoms with van der Waals surface area (Å²) in [4.78, 5) is 2.50. The maximum Gasteiger partial charge on any atom is 0.0239 e. The van der Waals surface area contributed by atoms with Crippen molar-refractivity contribution < 1.29 is 0 Å². The second-order valence-electron chi connectivity index (χ2n) is 4.65. The molecule has 2 N–H and O–H groups in total. The lowest BCUT2D eigenvalue weighted by atomic mass is 9.89. The van der Waals surface area contributed by atoms with Crippen LogP contribution in [-0.2, 0) is 6.54 Å². The van der Waals surface area contributed by atoms with E-state index in [-0.39, 0.29) is 0 Å². The SMILES string of the molecule is CC(C)N1Cc2ccccc2C(CN)C1. The first-order valence-electron chi connectivity index (χ1n) is 5.74. The van der Waals surface area contributed by atoms with Gasteiger partial charge in [-0.15, -0.1) is 0 Å².